The Bertz CT molecular complexity index is 641. The highest BCUT2D eigenvalue weighted by Crippen LogP contribution is 2.40. The van der Waals surface area contributed by atoms with Crippen LogP contribution in [-0.4, -0.2) is 5.11 Å². The van der Waals surface area contributed by atoms with Crippen molar-refractivity contribution in [2.45, 2.75) is 11.5 Å². The van der Waals surface area contributed by atoms with E-state index in [-0.39, 0.29) is 16.3 Å². The molecule has 0 spiro atoms. The van der Waals surface area contributed by atoms with Crippen LogP contribution in [0.4, 0.5) is 13.2 Å². The van der Waals surface area contributed by atoms with E-state index in [2.05, 4.69) is 15.9 Å². The lowest BCUT2D eigenvalue weighted by Crippen LogP contribution is -2.06. The van der Waals surface area contributed by atoms with Gasteiger partial charge in [-0.25, -0.2) is 0 Å². The standard InChI is InChI=1S/C14H9BrClF3O/c15-7-9-2-1-3-12(20)13(9)8-4-5-11(16)10(6-8)14(17,18)19/h1-6,20H,7H2. The van der Waals surface area contributed by atoms with Crippen molar-refractivity contribution in [1.82, 2.24) is 0 Å². The molecule has 0 aliphatic heterocycles. The van der Waals surface area contributed by atoms with Crippen LogP contribution in [0.15, 0.2) is 36.4 Å². The molecular weight excluding hydrogens is 357 g/mol. The minimum atomic E-state index is -4.54. The van der Waals surface area contributed by atoms with Gasteiger partial charge < -0.3 is 5.11 Å². The first-order valence-corrected chi connectivity index (χ1v) is 7.08. The summed E-state index contributed by atoms with van der Waals surface area (Å²) in [4.78, 5) is 0. The summed E-state index contributed by atoms with van der Waals surface area (Å²) in [6.45, 7) is 0. The van der Waals surface area contributed by atoms with E-state index < -0.39 is 11.7 Å². The maximum Gasteiger partial charge on any atom is 0.417 e. The summed E-state index contributed by atoms with van der Waals surface area (Å²) in [7, 11) is 0. The number of alkyl halides is 4. The average Bonchev–Trinajstić information content (AvgIpc) is 2.38. The highest BCUT2D eigenvalue weighted by molar-refractivity contribution is 9.08. The van der Waals surface area contributed by atoms with Gasteiger partial charge in [-0.3, -0.25) is 0 Å². The van der Waals surface area contributed by atoms with Gasteiger partial charge in [-0.2, -0.15) is 13.2 Å². The topological polar surface area (TPSA) is 20.2 Å². The molecule has 0 radical (unpaired) electrons. The first kappa shape index (κ1) is 15.2. The molecule has 0 saturated heterocycles. The molecule has 0 heterocycles. The summed E-state index contributed by atoms with van der Waals surface area (Å²) in [6.07, 6.45) is -4.54. The van der Waals surface area contributed by atoms with Gasteiger partial charge in [0.05, 0.1) is 10.6 Å². The third-order valence-electron chi connectivity index (χ3n) is 2.83. The monoisotopic (exact) mass is 364 g/mol. The maximum atomic E-state index is 12.9. The van der Waals surface area contributed by atoms with E-state index in [1.165, 1.54) is 18.2 Å². The van der Waals surface area contributed by atoms with Crippen LogP contribution in [0.3, 0.4) is 0 Å². The zero-order valence-electron chi connectivity index (χ0n) is 10.0. The molecule has 0 bridgehead atoms. The molecule has 0 atom stereocenters. The number of benzene rings is 2. The van der Waals surface area contributed by atoms with Gasteiger partial charge in [0.2, 0.25) is 0 Å². The molecule has 0 aliphatic rings. The smallest absolute Gasteiger partial charge is 0.417 e. The van der Waals surface area contributed by atoms with Crippen LogP contribution in [0.5, 0.6) is 5.75 Å². The SMILES string of the molecule is Oc1cccc(CBr)c1-c1ccc(Cl)c(C(F)(F)F)c1. The molecule has 2 aromatic rings. The summed E-state index contributed by atoms with van der Waals surface area (Å²) >= 11 is 8.84. The molecule has 0 aromatic heterocycles. The molecule has 2 aromatic carbocycles. The number of hydrogen-bond acceptors (Lipinski definition) is 1. The van der Waals surface area contributed by atoms with E-state index in [1.54, 1.807) is 12.1 Å². The number of halogens is 5. The van der Waals surface area contributed by atoms with E-state index in [0.29, 0.717) is 16.5 Å². The molecule has 0 unspecified atom stereocenters. The fraction of sp³-hybridized carbons (Fsp3) is 0.143. The Balaban J connectivity index is 2.66. The van der Waals surface area contributed by atoms with E-state index in [9.17, 15) is 18.3 Å². The predicted molar refractivity (Wildman–Crippen MR) is 76.2 cm³/mol. The molecule has 20 heavy (non-hydrogen) atoms. The second kappa shape index (κ2) is 5.66. The van der Waals surface area contributed by atoms with Crippen molar-refractivity contribution in [2.75, 3.05) is 0 Å². The van der Waals surface area contributed by atoms with Crippen molar-refractivity contribution in [3.63, 3.8) is 0 Å². The Morgan fingerprint density at radius 2 is 1.85 bits per heavy atom. The lowest BCUT2D eigenvalue weighted by molar-refractivity contribution is -0.137. The van der Waals surface area contributed by atoms with Gasteiger partial charge in [0.15, 0.2) is 0 Å². The Labute approximate surface area is 127 Å². The summed E-state index contributed by atoms with van der Waals surface area (Å²) in [5.74, 6) is -0.0719. The highest BCUT2D eigenvalue weighted by atomic mass is 79.9. The van der Waals surface area contributed by atoms with Crippen LogP contribution in [-0.2, 0) is 11.5 Å². The lowest BCUT2D eigenvalue weighted by atomic mass is 9.97. The predicted octanol–water partition coefficient (Wildman–Crippen LogP) is 5.63. The van der Waals surface area contributed by atoms with Crippen molar-refractivity contribution >= 4 is 27.5 Å². The number of hydrogen-bond donors (Lipinski definition) is 1. The lowest BCUT2D eigenvalue weighted by Gasteiger charge is -2.14. The largest absolute Gasteiger partial charge is 0.507 e. The maximum absolute atomic E-state index is 12.9. The summed E-state index contributed by atoms with van der Waals surface area (Å²) in [5.41, 5.74) is 0.418. The molecule has 0 aliphatic carbocycles. The second-order valence-electron chi connectivity index (χ2n) is 4.14. The van der Waals surface area contributed by atoms with Crippen LogP contribution >= 0.6 is 27.5 Å². The van der Waals surface area contributed by atoms with Crippen LogP contribution in [0.1, 0.15) is 11.1 Å². The first-order valence-electron chi connectivity index (χ1n) is 5.58. The molecular formula is C14H9BrClF3O. The average molecular weight is 366 g/mol. The summed E-state index contributed by atoms with van der Waals surface area (Å²) in [6, 6.07) is 8.39. The number of aromatic hydroxyl groups is 1. The minimum Gasteiger partial charge on any atom is -0.507 e. The van der Waals surface area contributed by atoms with Crippen LogP contribution in [0, 0.1) is 0 Å². The highest BCUT2D eigenvalue weighted by Gasteiger charge is 2.33. The van der Waals surface area contributed by atoms with E-state index in [4.69, 9.17) is 11.6 Å². The Hall–Kier alpha value is -1.20. The molecule has 106 valence electrons. The molecule has 0 saturated carbocycles. The fourth-order valence-corrected chi connectivity index (χ4v) is 2.62. The zero-order chi connectivity index (χ0) is 14.9. The van der Waals surface area contributed by atoms with Crippen molar-refractivity contribution in [2.24, 2.45) is 0 Å². The van der Waals surface area contributed by atoms with Crippen molar-refractivity contribution in [3.8, 4) is 16.9 Å². The molecule has 1 nitrogen and oxygen atoms in total. The van der Waals surface area contributed by atoms with E-state index in [0.717, 1.165) is 6.07 Å². The summed E-state index contributed by atoms with van der Waals surface area (Å²) < 4.78 is 38.6. The van der Waals surface area contributed by atoms with Crippen LogP contribution < -0.4 is 0 Å². The minimum absolute atomic E-state index is 0.0719. The Morgan fingerprint density at radius 1 is 1.15 bits per heavy atom. The zero-order valence-corrected chi connectivity index (χ0v) is 12.4. The van der Waals surface area contributed by atoms with Gasteiger partial charge in [0.25, 0.3) is 0 Å². The first-order chi connectivity index (χ1) is 9.34. The van der Waals surface area contributed by atoms with Gasteiger partial charge in [0.1, 0.15) is 5.75 Å². The van der Waals surface area contributed by atoms with Gasteiger partial charge in [-0.05, 0) is 29.3 Å². The third kappa shape index (κ3) is 2.94. The molecule has 2 rings (SSSR count). The van der Waals surface area contributed by atoms with Gasteiger partial charge in [0, 0.05) is 10.9 Å². The normalized spacial score (nSPS) is 11.7. The third-order valence-corrected chi connectivity index (χ3v) is 3.77. The number of phenolic OH excluding ortho intramolecular Hbond substituents is 1. The quantitative estimate of drug-likeness (QED) is 0.684. The number of phenols is 1. The van der Waals surface area contributed by atoms with E-state index >= 15 is 0 Å². The summed E-state index contributed by atoms with van der Waals surface area (Å²) in [5, 5.41) is 9.96. The fourth-order valence-electron chi connectivity index (χ4n) is 1.93. The number of rotatable bonds is 2. The molecule has 0 fully saturated rings. The Morgan fingerprint density at radius 3 is 2.45 bits per heavy atom. The van der Waals surface area contributed by atoms with Crippen molar-refractivity contribution < 1.29 is 18.3 Å². The van der Waals surface area contributed by atoms with Gasteiger partial charge >= 0.3 is 6.18 Å². The molecule has 0 amide bonds. The van der Waals surface area contributed by atoms with Gasteiger partial charge in [-0.1, -0.05) is 45.7 Å². The van der Waals surface area contributed by atoms with Crippen molar-refractivity contribution in [1.29, 1.82) is 0 Å². The van der Waals surface area contributed by atoms with E-state index in [1.807, 2.05) is 0 Å². The van der Waals surface area contributed by atoms with Crippen LogP contribution in [0.25, 0.3) is 11.1 Å². The van der Waals surface area contributed by atoms with Crippen LogP contribution in [0.2, 0.25) is 5.02 Å². The molecule has 6 heteroatoms. The Kier molecular flexibility index (Phi) is 4.30. The molecule has 1 N–H and O–H groups in total. The second-order valence-corrected chi connectivity index (χ2v) is 5.11. The van der Waals surface area contributed by atoms with Gasteiger partial charge in [-0.15, -0.1) is 0 Å². The van der Waals surface area contributed by atoms with Crippen molar-refractivity contribution in [3.05, 3.63) is 52.5 Å².